The molecule has 1 unspecified atom stereocenters. The summed E-state index contributed by atoms with van der Waals surface area (Å²) in [7, 11) is 0. The third-order valence-corrected chi connectivity index (χ3v) is 3.04. The number of esters is 1. The van der Waals surface area contributed by atoms with E-state index in [0.29, 0.717) is 16.7 Å². The SMILES string of the molecule is CCOC(=O)C(NC(C)C)c1ccc(Cl)c(Cl)c1. The fourth-order valence-electron chi connectivity index (χ4n) is 1.55. The second-order valence-electron chi connectivity index (χ2n) is 4.18. The van der Waals surface area contributed by atoms with Crippen LogP contribution in [0.2, 0.25) is 10.0 Å². The molecule has 0 aliphatic carbocycles. The van der Waals surface area contributed by atoms with Crippen molar-refractivity contribution in [2.24, 2.45) is 0 Å². The molecule has 0 saturated carbocycles. The molecule has 1 N–H and O–H groups in total. The lowest BCUT2D eigenvalue weighted by atomic mass is 10.1. The maximum atomic E-state index is 11.9. The zero-order valence-corrected chi connectivity index (χ0v) is 12.2. The van der Waals surface area contributed by atoms with Gasteiger partial charge in [-0.2, -0.15) is 0 Å². The van der Waals surface area contributed by atoms with Crippen molar-refractivity contribution in [1.82, 2.24) is 5.32 Å². The Hall–Kier alpha value is -0.770. The van der Waals surface area contributed by atoms with Crippen LogP contribution in [0.4, 0.5) is 0 Å². The van der Waals surface area contributed by atoms with E-state index < -0.39 is 6.04 Å². The first-order valence-electron chi connectivity index (χ1n) is 5.83. The van der Waals surface area contributed by atoms with Crippen LogP contribution < -0.4 is 5.32 Å². The topological polar surface area (TPSA) is 38.3 Å². The van der Waals surface area contributed by atoms with Crippen molar-refractivity contribution >= 4 is 29.2 Å². The minimum absolute atomic E-state index is 0.147. The van der Waals surface area contributed by atoms with Crippen LogP contribution in [0.3, 0.4) is 0 Å². The molecule has 1 rings (SSSR count). The van der Waals surface area contributed by atoms with Gasteiger partial charge in [-0.05, 0) is 38.5 Å². The van der Waals surface area contributed by atoms with Gasteiger partial charge in [0, 0.05) is 6.04 Å². The number of carbonyl (C=O) groups excluding carboxylic acids is 1. The van der Waals surface area contributed by atoms with E-state index in [1.807, 2.05) is 13.8 Å². The van der Waals surface area contributed by atoms with Crippen LogP contribution in [0.1, 0.15) is 32.4 Å². The molecular weight excluding hydrogens is 273 g/mol. The average molecular weight is 290 g/mol. The van der Waals surface area contributed by atoms with Gasteiger partial charge in [0.25, 0.3) is 0 Å². The summed E-state index contributed by atoms with van der Waals surface area (Å²) in [5, 5.41) is 4.04. The standard InChI is InChI=1S/C13H17Cl2NO2/c1-4-18-13(17)12(16-8(2)3)9-5-6-10(14)11(15)7-9/h5-8,12,16H,4H2,1-3H3. The van der Waals surface area contributed by atoms with Crippen molar-refractivity contribution in [3.63, 3.8) is 0 Å². The summed E-state index contributed by atoms with van der Waals surface area (Å²) in [5.74, 6) is -0.315. The molecule has 0 heterocycles. The molecule has 3 nitrogen and oxygen atoms in total. The average Bonchev–Trinajstić information content (AvgIpc) is 2.30. The van der Waals surface area contributed by atoms with Crippen molar-refractivity contribution in [3.05, 3.63) is 33.8 Å². The molecule has 0 aliphatic heterocycles. The van der Waals surface area contributed by atoms with Crippen LogP contribution in [-0.4, -0.2) is 18.6 Å². The van der Waals surface area contributed by atoms with E-state index in [9.17, 15) is 4.79 Å². The first-order valence-corrected chi connectivity index (χ1v) is 6.59. The van der Waals surface area contributed by atoms with Gasteiger partial charge in [0.1, 0.15) is 6.04 Å². The van der Waals surface area contributed by atoms with E-state index in [4.69, 9.17) is 27.9 Å². The number of nitrogens with one attached hydrogen (secondary N) is 1. The summed E-state index contributed by atoms with van der Waals surface area (Å²) in [6, 6.07) is 4.74. The van der Waals surface area contributed by atoms with Crippen molar-refractivity contribution in [3.8, 4) is 0 Å². The highest BCUT2D eigenvalue weighted by molar-refractivity contribution is 6.42. The zero-order chi connectivity index (χ0) is 13.7. The van der Waals surface area contributed by atoms with Gasteiger partial charge >= 0.3 is 5.97 Å². The van der Waals surface area contributed by atoms with E-state index in [0.717, 1.165) is 5.56 Å². The van der Waals surface area contributed by atoms with Gasteiger partial charge in [-0.25, -0.2) is 4.79 Å². The van der Waals surface area contributed by atoms with E-state index in [1.54, 1.807) is 25.1 Å². The van der Waals surface area contributed by atoms with Gasteiger partial charge in [0.2, 0.25) is 0 Å². The first kappa shape index (κ1) is 15.3. The third-order valence-electron chi connectivity index (χ3n) is 2.30. The van der Waals surface area contributed by atoms with E-state index in [-0.39, 0.29) is 12.0 Å². The van der Waals surface area contributed by atoms with Crippen molar-refractivity contribution < 1.29 is 9.53 Å². The molecule has 1 atom stereocenters. The summed E-state index contributed by atoms with van der Waals surface area (Å²) >= 11 is 11.8. The Balaban J connectivity index is 3.00. The molecule has 0 radical (unpaired) electrons. The van der Waals surface area contributed by atoms with Crippen molar-refractivity contribution in [1.29, 1.82) is 0 Å². The molecule has 0 amide bonds. The van der Waals surface area contributed by atoms with Crippen LogP contribution >= 0.6 is 23.2 Å². The Kier molecular flexibility index (Phi) is 5.93. The largest absolute Gasteiger partial charge is 0.465 e. The van der Waals surface area contributed by atoms with E-state index in [2.05, 4.69) is 5.32 Å². The summed E-state index contributed by atoms with van der Waals surface area (Å²) < 4.78 is 5.05. The van der Waals surface area contributed by atoms with Gasteiger partial charge in [-0.15, -0.1) is 0 Å². The van der Waals surface area contributed by atoms with E-state index in [1.165, 1.54) is 0 Å². The maximum Gasteiger partial charge on any atom is 0.327 e. The number of benzene rings is 1. The first-order chi connectivity index (χ1) is 8.45. The minimum atomic E-state index is -0.528. The van der Waals surface area contributed by atoms with Gasteiger partial charge in [-0.3, -0.25) is 5.32 Å². The van der Waals surface area contributed by atoms with Crippen molar-refractivity contribution in [2.75, 3.05) is 6.61 Å². The fourth-order valence-corrected chi connectivity index (χ4v) is 1.86. The van der Waals surface area contributed by atoms with Crippen LogP contribution in [0.25, 0.3) is 0 Å². The maximum absolute atomic E-state index is 11.9. The van der Waals surface area contributed by atoms with Crippen LogP contribution in [-0.2, 0) is 9.53 Å². The molecule has 0 spiro atoms. The highest BCUT2D eigenvalue weighted by Crippen LogP contribution is 2.26. The lowest BCUT2D eigenvalue weighted by Gasteiger charge is -2.20. The summed E-state index contributed by atoms with van der Waals surface area (Å²) in [6.07, 6.45) is 0. The zero-order valence-electron chi connectivity index (χ0n) is 10.7. The predicted molar refractivity (Wildman–Crippen MR) is 74.1 cm³/mol. The lowest BCUT2D eigenvalue weighted by Crippen LogP contribution is -2.34. The lowest BCUT2D eigenvalue weighted by molar-refractivity contribution is -0.146. The van der Waals surface area contributed by atoms with Gasteiger partial charge in [0.05, 0.1) is 16.7 Å². The quantitative estimate of drug-likeness (QED) is 0.842. The normalized spacial score (nSPS) is 12.6. The summed E-state index contributed by atoms with van der Waals surface area (Å²) in [5.41, 5.74) is 0.747. The Labute approximate surface area is 117 Å². The van der Waals surface area contributed by atoms with Crippen LogP contribution in [0.5, 0.6) is 0 Å². The van der Waals surface area contributed by atoms with Crippen LogP contribution in [0.15, 0.2) is 18.2 Å². The summed E-state index contributed by atoms with van der Waals surface area (Å²) in [4.78, 5) is 11.9. The molecular formula is C13H17Cl2NO2. The molecule has 0 fully saturated rings. The van der Waals surface area contributed by atoms with Crippen molar-refractivity contribution in [2.45, 2.75) is 32.9 Å². The predicted octanol–water partition coefficient (Wildman–Crippen LogP) is 3.60. The monoisotopic (exact) mass is 289 g/mol. The second-order valence-corrected chi connectivity index (χ2v) is 4.99. The third kappa shape index (κ3) is 4.16. The molecule has 0 saturated heterocycles. The molecule has 0 aliphatic rings. The van der Waals surface area contributed by atoms with Crippen LogP contribution in [0, 0.1) is 0 Å². The molecule has 0 aromatic heterocycles. The summed E-state index contributed by atoms with van der Waals surface area (Å²) in [6.45, 7) is 6.04. The van der Waals surface area contributed by atoms with E-state index >= 15 is 0 Å². The number of hydrogen-bond acceptors (Lipinski definition) is 3. The highest BCUT2D eigenvalue weighted by atomic mass is 35.5. The molecule has 18 heavy (non-hydrogen) atoms. The Morgan fingerprint density at radius 3 is 2.50 bits per heavy atom. The molecule has 5 heteroatoms. The minimum Gasteiger partial charge on any atom is -0.465 e. The van der Waals surface area contributed by atoms with Gasteiger partial charge in [-0.1, -0.05) is 29.3 Å². The Morgan fingerprint density at radius 2 is 2.00 bits per heavy atom. The smallest absolute Gasteiger partial charge is 0.327 e. The number of carbonyl (C=O) groups is 1. The fraction of sp³-hybridized carbons (Fsp3) is 0.462. The molecule has 0 bridgehead atoms. The number of halogens is 2. The molecule has 100 valence electrons. The Bertz CT molecular complexity index is 421. The molecule has 1 aromatic carbocycles. The second kappa shape index (κ2) is 6.98. The number of hydrogen-bond donors (Lipinski definition) is 1. The van der Waals surface area contributed by atoms with Gasteiger partial charge < -0.3 is 4.74 Å². The number of rotatable bonds is 5. The Morgan fingerprint density at radius 1 is 1.33 bits per heavy atom. The number of ether oxygens (including phenoxy) is 1. The highest BCUT2D eigenvalue weighted by Gasteiger charge is 2.23. The molecule has 1 aromatic rings. The van der Waals surface area contributed by atoms with Gasteiger partial charge in [0.15, 0.2) is 0 Å².